The van der Waals surface area contributed by atoms with Crippen LogP contribution < -0.4 is 10.7 Å². The van der Waals surface area contributed by atoms with Crippen molar-refractivity contribution in [2.24, 2.45) is 5.10 Å². The number of halogens is 2. The standard InChI is InChI=1S/C23H18ClFN6/c1-15-6-8-16(9-7-15)14-26-31-23-29-21(19-4-2-3-5-20(19)25)28-22(30-23)27-18-12-10-17(24)11-13-18/h2-14H,1H3,(H2,27,28,29,30,31)/b26-14+. The van der Waals surface area contributed by atoms with E-state index in [0.29, 0.717) is 5.02 Å². The molecule has 0 aliphatic carbocycles. The summed E-state index contributed by atoms with van der Waals surface area (Å²) in [6.07, 6.45) is 1.65. The number of hydrogen-bond acceptors (Lipinski definition) is 6. The fourth-order valence-corrected chi connectivity index (χ4v) is 2.85. The first-order valence-electron chi connectivity index (χ1n) is 9.46. The average molecular weight is 433 g/mol. The third-order valence-corrected chi connectivity index (χ3v) is 4.56. The molecule has 0 fully saturated rings. The van der Waals surface area contributed by atoms with Crippen molar-refractivity contribution in [1.82, 2.24) is 15.0 Å². The molecule has 8 heteroatoms. The molecule has 1 heterocycles. The van der Waals surface area contributed by atoms with Gasteiger partial charge >= 0.3 is 0 Å². The molecule has 4 aromatic rings. The highest BCUT2D eigenvalue weighted by atomic mass is 35.5. The van der Waals surface area contributed by atoms with Crippen molar-refractivity contribution in [3.8, 4) is 11.4 Å². The number of aromatic nitrogens is 3. The first kappa shape index (κ1) is 20.4. The second-order valence-electron chi connectivity index (χ2n) is 6.70. The zero-order valence-electron chi connectivity index (χ0n) is 16.6. The van der Waals surface area contributed by atoms with E-state index in [2.05, 4.69) is 30.8 Å². The third-order valence-electron chi connectivity index (χ3n) is 4.31. The summed E-state index contributed by atoms with van der Waals surface area (Å²) < 4.78 is 14.3. The molecule has 1 aromatic heterocycles. The monoisotopic (exact) mass is 432 g/mol. The van der Waals surface area contributed by atoms with Crippen molar-refractivity contribution in [3.05, 3.63) is 94.8 Å². The molecule has 0 saturated carbocycles. The Balaban J connectivity index is 1.64. The van der Waals surface area contributed by atoms with Gasteiger partial charge in [0, 0.05) is 10.7 Å². The normalized spacial score (nSPS) is 10.9. The number of aryl methyl sites for hydroxylation is 1. The minimum Gasteiger partial charge on any atom is -0.324 e. The minimum absolute atomic E-state index is 0.174. The van der Waals surface area contributed by atoms with Gasteiger partial charge in [0.1, 0.15) is 5.82 Å². The Morgan fingerprint density at radius 1 is 0.871 bits per heavy atom. The summed E-state index contributed by atoms with van der Waals surface area (Å²) in [5.74, 6) is 0.162. The molecule has 4 rings (SSSR count). The van der Waals surface area contributed by atoms with E-state index < -0.39 is 5.82 Å². The molecule has 0 radical (unpaired) electrons. The molecule has 0 aliphatic rings. The molecule has 31 heavy (non-hydrogen) atoms. The third kappa shape index (κ3) is 5.40. The maximum absolute atomic E-state index is 14.3. The summed E-state index contributed by atoms with van der Waals surface area (Å²) in [6, 6.07) is 21.2. The van der Waals surface area contributed by atoms with E-state index in [9.17, 15) is 4.39 Å². The lowest BCUT2D eigenvalue weighted by Crippen LogP contribution is -2.06. The van der Waals surface area contributed by atoms with Crippen LogP contribution in [0.25, 0.3) is 11.4 Å². The molecule has 0 unspecified atom stereocenters. The number of benzene rings is 3. The van der Waals surface area contributed by atoms with E-state index in [0.717, 1.165) is 16.8 Å². The number of rotatable bonds is 6. The number of hydrazone groups is 1. The predicted molar refractivity (Wildman–Crippen MR) is 122 cm³/mol. The van der Waals surface area contributed by atoms with E-state index in [1.54, 1.807) is 48.7 Å². The molecule has 0 saturated heterocycles. The molecular weight excluding hydrogens is 415 g/mol. The molecule has 154 valence electrons. The van der Waals surface area contributed by atoms with Gasteiger partial charge in [-0.15, -0.1) is 0 Å². The summed E-state index contributed by atoms with van der Waals surface area (Å²) in [4.78, 5) is 13.0. The Bertz CT molecular complexity index is 1210. The molecular formula is C23H18ClFN6. The van der Waals surface area contributed by atoms with Crippen molar-refractivity contribution in [2.45, 2.75) is 6.92 Å². The Morgan fingerprint density at radius 2 is 1.58 bits per heavy atom. The fraction of sp³-hybridized carbons (Fsp3) is 0.0435. The molecule has 0 spiro atoms. The lowest BCUT2D eigenvalue weighted by molar-refractivity contribution is 0.630. The minimum atomic E-state index is -0.430. The highest BCUT2D eigenvalue weighted by Gasteiger charge is 2.12. The molecule has 0 amide bonds. The molecule has 2 N–H and O–H groups in total. The first-order valence-corrected chi connectivity index (χ1v) is 9.84. The summed E-state index contributed by atoms with van der Waals surface area (Å²) in [5.41, 5.74) is 5.86. The molecule has 6 nitrogen and oxygen atoms in total. The van der Waals surface area contributed by atoms with Crippen LogP contribution in [0.4, 0.5) is 22.0 Å². The van der Waals surface area contributed by atoms with Crippen LogP contribution in [0.2, 0.25) is 5.02 Å². The average Bonchev–Trinajstić information content (AvgIpc) is 2.77. The van der Waals surface area contributed by atoms with Crippen LogP contribution in [0.5, 0.6) is 0 Å². The van der Waals surface area contributed by atoms with Gasteiger partial charge < -0.3 is 5.32 Å². The lowest BCUT2D eigenvalue weighted by Gasteiger charge is -2.09. The van der Waals surface area contributed by atoms with Crippen LogP contribution in [-0.2, 0) is 0 Å². The van der Waals surface area contributed by atoms with Gasteiger partial charge in [-0.3, -0.25) is 0 Å². The Kier molecular flexibility index (Phi) is 6.14. The zero-order chi connectivity index (χ0) is 21.6. The fourth-order valence-electron chi connectivity index (χ4n) is 2.72. The van der Waals surface area contributed by atoms with Gasteiger partial charge in [-0.1, -0.05) is 53.6 Å². The van der Waals surface area contributed by atoms with Crippen LogP contribution in [0.3, 0.4) is 0 Å². The van der Waals surface area contributed by atoms with E-state index >= 15 is 0 Å². The smallest absolute Gasteiger partial charge is 0.248 e. The van der Waals surface area contributed by atoms with Crippen LogP contribution in [0, 0.1) is 12.7 Å². The van der Waals surface area contributed by atoms with Gasteiger partial charge in [-0.05, 0) is 48.9 Å². The van der Waals surface area contributed by atoms with Gasteiger partial charge in [0.05, 0.1) is 11.8 Å². The van der Waals surface area contributed by atoms with Crippen LogP contribution in [-0.4, -0.2) is 21.2 Å². The van der Waals surface area contributed by atoms with Gasteiger partial charge in [0.25, 0.3) is 0 Å². The molecule has 0 aliphatic heterocycles. The van der Waals surface area contributed by atoms with Gasteiger partial charge in [-0.25, -0.2) is 9.82 Å². The van der Waals surface area contributed by atoms with E-state index in [1.165, 1.54) is 6.07 Å². The van der Waals surface area contributed by atoms with Crippen molar-refractivity contribution in [2.75, 3.05) is 10.7 Å². The number of hydrogen-bond donors (Lipinski definition) is 2. The van der Waals surface area contributed by atoms with E-state index in [4.69, 9.17) is 11.6 Å². The van der Waals surface area contributed by atoms with Crippen LogP contribution in [0.1, 0.15) is 11.1 Å². The maximum Gasteiger partial charge on any atom is 0.248 e. The van der Waals surface area contributed by atoms with Crippen molar-refractivity contribution < 1.29 is 4.39 Å². The number of nitrogens with zero attached hydrogens (tertiary/aromatic N) is 4. The van der Waals surface area contributed by atoms with Crippen molar-refractivity contribution >= 4 is 35.4 Å². The van der Waals surface area contributed by atoms with Gasteiger partial charge in [0.15, 0.2) is 5.82 Å². The van der Waals surface area contributed by atoms with E-state index in [1.807, 2.05) is 31.2 Å². The van der Waals surface area contributed by atoms with Crippen LogP contribution >= 0.6 is 11.6 Å². The van der Waals surface area contributed by atoms with Gasteiger partial charge in [-0.2, -0.15) is 20.1 Å². The second-order valence-corrected chi connectivity index (χ2v) is 7.14. The summed E-state index contributed by atoms with van der Waals surface area (Å²) in [5, 5.41) is 7.88. The Labute approximate surface area is 183 Å². The Morgan fingerprint density at radius 3 is 2.32 bits per heavy atom. The SMILES string of the molecule is Cc1ccc(/C=N/Nc2nc(Nc3ccc(Cl)cc3)nc(-c3ccccc3F)n2)cc1. The first-order chi connectivity index (χ1) is 15.1. The summed E-state index contributed by atoms with van der Waals surface area (Å²) in [6.45, 7) is 2.02. The van der Waals surface area contributed by atoms with E-state index in [-0.39, 0.29) is 23.3 Å². The molecule has 0 atom stereocenters. The highest BCUT2D eigenvalue weighted by Crippen LogP contribution is 2.23. The zero-order valence-corrected chi connectivity index (χ0v) is 17.3. The predicted octanol–water partition coefficient (Wildman–Crippen LogP) is 5.83. The number of anilines is 3. The topological polar surface area (TPSA) is 75.1 Å². The quantitative estimate of drug-likeness (QED) is 0.296. The van der Waals surface area contributed by atoms with Crippen molar-refractivity contribution in [1.29, 1.82) is 0 Å². The van der Waals surface area contributed by atoms with Crippen LogP contribution in [0.15, 0.2) is 77.9 Å². The summed E-state index contributed by atoms with van der Waals surface area (Å²) in [7, 11) is 0. The lowest BCUT2D eigenvalue weighted by atomic mass is 10.2. The summed E-state index contributed by atoms with van der Waals surface area (Å²) >= 11 is 5.94. The van der Waals surface area contributed by atoms with Crippen molar-refractivity contribution in [3.63, 3.8) is 0 Å². The Hall–Kier alpha value is -3.84. The second kappa shape index (κ2) is 9.32. The maximum atomic E-state index is 14.3. The highest BCUT2D eigenvalue weighted by molar-refractivity contribution is 6.30. The largest absolute Gasteiger partial charge is 0.324 e. The number of nitrogens with one attached hydrogen (secondary N) is 2. The molecule has 3 aromatic carbocycles. The molecule has 0 bridgehead atoms. The van der Waals surface area contributed by atoms with Gasteiger partial charge in [0.2, 0.25) is 11.9 Å².